The van der Waals surface area contributed by atoms with Gasteiger partial charge in [-0.15, -0.1) is 0 Å². The molecule has 0 aliphatic heterocycles. The number of carboxylic acids is 1. The molecule has 1 aliphatic rings. The summed E-state index contributed by atoms with van der Waals surface area (Å²) in [6.45, 7) is 6.61. The van der Waals surface area contributed by atoms with Gasteiger partial charge in [0.25, 0.3) is 0 Å². The van der Waals surface area contributed by atoms with E-state index < -0.39 is 17.4 Å². The van der Waals surface area contributed by atoms with Crippen LogP contribution >= 0.6 is 0 Å². The van der Waals surface area contributed by atoms with Gasteiger partial charge in [-0.25, -0.2) is 0 Å². The molecule has 1 aliphatic carbocycles. The van der Waals surface area contributed by atoms with Crippen LogP contribution in [0, 0.1) is 11.3 Å². The molecule has 1 atom stereocenters. The molecular weight excluding hydrogens is 328 g/mol. The minimum atomic E-state index is -1.29. The van der Waals surface area contributed by atoms with E-state index in [4.69, 9.17) is 4.74 Å². The molecule has 0 aromatic heterocycles. The second-order valence-electron chi connectivity index (χ2n) is 8.50. The monoisotopic (exact) mass is 368 g/mol. The predicted octanol–water partition coefficient (Wildman–Crippen LogP) is 6.12. The Labute approximate surface area is 160 Å². The van der Waals surface area contributed by atoms with E-state index in [0.29, 0.717) is 12.8 Å². The standard InChI is InChI=1S/C22H40O4/c1-4-13-19(15-10-7-5-6-9-14-18(2)3)26-21(25)22(20(23)24)16-11-8-12-17-22/h18-19H,4-17H2,1-3H3,(H,23,24). The molecule has 26 heavy (non-hydrogen) atoms. The number of hydrogen-bond donors (Lipinski definition) is 1. The largest absolute Gasteiger partial charge is 0.480 e. The summed E-state index contributed by atoms with van der Waals surface area (Å²) >= 11 is 0. The van der Waals surface area contributed by atoms with Crippen molar-refractivity contribution in [2.45, 2.75) is 117 Å². The first kappa shape index (κ1) is 23.0. The van der Waals surface area contributed by atoms with Crippen LogP contribution in [-0.2, 0) is 14.3 Å². The number of esters is 1. The average molecular weight is 369 g/mol. The number of hydrogen-bond acceptors (Lipinski definition) is 3. The number of carbonyl (C=O) groups excluding carboxylic acids is 1. The fraction of sp³-hybridized carbons (Fsp3) is 0.909. The molecule has 0 amide bonds. The van der Waals surface area contributed by atoms with E-state index in [2.05, 4.69) is 20.8 Å². The minimum Gasteiger partial charge on any atom is -0.480 e. The van der Waals surface area contributed by atoms with E-state index in [0.717, 1.165) is 50.9 Å². The molecule has 0 aromatic rings. The van der Waals surface area contributed by atoms with Gasteiger partial charge in [0.1, 0.15) is 6.10 Å². The molecule has 0 spiro atoms. The van der Waals surface area contributed by atoms with Gasteiger partial charge in [-0.05, 0) is 38.0 Å². The van der Waals surface area contributed by atoms with Crippen molar-refractivity contribution in [1.29, 1.82) is 0 Å². The third-order valence-electron chi connectivity index (χ3n) is 5.70. The molecule has 0 bridgehead atoms. The first-order valence-corrected chi connectivity index (χ1v) is 10.9. The SMILES string of the molecule is CCCC(CCCCCCCC(C)C)OC(=O)C1(C(=O)O)CCCCC1. The summed E-state index contributed by atoms with van der Waals surface area (Å²) in [5.41, 5.74) is -1.29. The van der Waals surface area contributed by atoms with Gasteiger partial charge in [0, 0.05) is 0 Å². The number of ether oxygens (including phenoxy) is 1. The summed E-state index contributed by atoms with van der Waals surface area (Å²) < 4.78 is 5.73. The lowest BCUT2D eigenvalue weighted by Gasteiger charge is -2.32. The molecule has 1 N–H and O–H groups in total. The zero-order valence-corrected chi connectivity index (χ0v) is 17.2. The van der Waals surface area contributed by atoms with E-state index >= 15 is 0 Å². The van der Waals surface area contributed by atoms with Crippen LogP contribution in [-0.4, -0.2) is 23.1 Å². The number of carboxylic acid groups (broad SMARTS) is 1. The zero-order valence-electron chi connectivity index (χ0n) is 17.2. The van der Waals surface area contributed by atoms with Gasteiger partial charge in [-0.1, -0.05) is 78.6 Å². The Morgan fingerprint density at radius 2 is 1.50 bits per heavy atom. The van der Waals surface area contributed by atoms with E-state index in [9.17, 15) is 14.7 Å². The molecule has 1 fully saturated rings. The lowest BCUT2D eigenvalue weighted by molar-refractivity contribution is -0.175. The van der Waals surface area contributed by atoms with Crippen molar-refractivity contribution in [2.24, 2.45) is 11.3 Å². The Hall–Kier alpha value is -1.06. The fourth-order valence-electron chi connectivity index (χ4n) is 3.96. The van der Waals surface area contributed by atoms with Crippen LogP contribution in [0.3, 0.4) is 0 Å². The van der Waals surface area contributed by atoms with Crippen LogP contribution in [0.2, 0.25) is 0 Å². The highest BCUT2D eigenvalue weighted by atomic mass is 16.5. The van der Waals surface area contributed by atoms with Crippen molar-refractivity contribution in [3.63, 3.8) is 0 Å². The van der Waals surface area contributed by atoms with E-state index in [1.54, 1.807) is 0 Å². The van der Waals surface area contributed by atoms with Gasteiger partial charge in [0.05, 0.1) is 0 Å². The quantitative estimate of drug-likeness (QED) is 0.242. The van der Waals surface area contributed by atoms with Crippen LogP contribution in [0.25, 0.3) is 0 Å². The van der Waals surface area contributed by atoms with Crippen molar-refractivity contribution in [2.75, 3.05) is 0 Å². The lowest BCUT2D eigenvalue weighted by atomic mass is 9.74. The Bertz CT molecular complexity index is 410. The maximum absolute atomic E-state index is 12.7. The first-order chi connectivity index (χ1) is 12.4. The Kier molecular flexibility index (Phi) is 10.9. The second kappa shape index (κ2) is 12.3. The van der Waals surface area contributed by atoms with Crippen molar-refractivity contribution in [3.8, 4) is 0 Å². The maximum Gasteiger partial charge on any atom is 0.323 e. The Morgan fingerprint density at radius 3 is 2.04 bits per heavy atom. The third-order valence-corrected chi connectivity index (χ3v) is 5.70. The maximum atomic E-state index is 12.7. The molecular formula is C22H40O4. The second-order valence-corrected chi connectivity index (χ2v) is 8.50. The molecule has 0 aromatic carbocycles. The van der Waals surface area contributed by atoms with Crippen molar-refractivity contribution in [3.05, 3.63) is 0 Å². The number of unbranched alkanes of at least 4 members (excludes halogenated alkanes) is 4. The highest BCUT2D eigenvalue weighted by Gasteiger charge is 2.48. The summed E-state index contributed by atoms with van der Waals surface area (Å²) in [5, 5.41) is 9.64. The Morgan fingerprint density at radius 1 is 0.923 bits per heavy atom. The number of aliphatic carboxylic acids is 1. The highest BCUT2D eigenvalue weighted by Crippen LogP contribution is 2.38. The van der Waals surface area contributed by atoms with E-state index in [1.807, 2.05) is 0 Å². The summed E-state index contributed by atoms with van der Waals surface area (Å²) in [6, 6.07) is 0. The van der Waals surface area contributed by atoms with Gasteiger partial charge in [-0.3, -0.25) is 9.59 Å². The summed E-state index contributed by atoms with van der Waals surface area (Å²) in [4.78, 5) is 24.4. The van der Waals surface area contributed by atoms with Crippen LogP contribution in [0.5, 0.6) is 0 Å². The van der Waals surface area contributed by atoms with Gasteiger partial charge in [0.15, 0.2) is 5.41 Å². The molecule has 1 rings (SSSR count). The fourth-order valence-corrected chi connectivity index (χ4v) is 3.96. The van der Waals surface area contributed by atoms with Gasteiger partial charge >= 0.3 is 11.9 Å². The third kappa shape index (κ3) is 7.67. The molecule has 1 saturated carbocycles. The number of rotatable bonds is 13. The molecule has 152 valence electrons. The van der Waals surface area contributed by atoms with Crippen molar-refractivity contribution < 1.29 is 19.4 Å². The first-order valence-electron chi connectivity index (χ1n) is 10.9. The molecule has 4 nitrogen and oxygen atoms in total. The van der Waals surface area contributed by atoms with E-state index in [-0.39, 0.29) is 6.10 Å². The molecule has 4 heteroatoms. The summed E-state index contributed by atoms with van der Waals surface area (Å²) in [5.74, 6) is -0.702. The normalized spacial score (nSPS) is 17.8. The molecule has 0 heterocycles. The van der Waals surface area contributed by atoms with Crippen molar-refractivity contribution >= 4 is 11.9 Å². The zero-order chi connectivity index (χ0) is 19.4. The predicted molar refractivity (Wildman–Crippen MR) is 105 cm³/mol. The highest BCUT2D eigenvalue weighted by molar-refractivity contribution is 5.99. The smallest absolute Gasteiger partial charge is 0.323 e. The van der Waals surface area contributed by atoms with Crippen LogP contribution < -0.4 is 0 Å². The number of carbonyl (C=O) groups is 2. The Balaban J connectivity index is 2.41. The van der Waals surface area contributed by atoms with Crippen LogP contribution in [0.15, 0.2) is 0 Å². The van der Waals surface area contributed by atoms with E-state index in [1.165, 1.54) is 32.1 Å². The lowest BCUT2D eigenvalue weighted by Crippen LogP contribution is -2.43. The van der Waals surface area contributed by atoms with Gasteiger partial charge in [0.2, 0.25) is 0 Å². The topological polar surface area (TPSA) is 63.6 Å². The minimum absolute atomic E-state index is 0.124. The molecule has 0 saturated heterocycles. The van der Waals surface area contributed by atoms with Crippen molar-refractivity contribution in [1.82, 2.24) is 0 Å². The van der Waals surface area contributed by atoms with Crippen LogP contribution in [0.1, 0.15) is 111 Å². The van der Waals surface area contributed by atoms with Gasteiger partial charge < -0.3 is 9.84 Å². The summed E-state index contributed by atoms with van der Waals surface area (Å²) in [6.07, 6.45) is 13.3. The summed E-state index contributed by atoms with van der Waals surface area (Å²) in [7, 11) is 0. The molecule has 0 radical (unpaired) electrons. The van der Waals surface area contributed by atoms with Crippen LogP contribution in [0.4, 0.5) is 0 Å². The van der Waals surface area contributed by atoms with Gasteiger partial charge in [-0.2, -0.15) is 0 Å². The molecule has 1 unspecified atom stereocenters. The average Bonchev–Trinajstić information content (AvgIpc) is 2.61.